The van der Waals surface area contributed by atoms with Crippen LogP contribution in [-0.4, -0.2) is 12.5 Å². The van der Waals surface area contributed by atoms with Gasteiger partial charge in [0.15, 0.2) is 0 Å². The number of hydrogen-bond acceptors (Lipinski definition) is 2. The standard InChI is InChI=1S/C20H23FN2O/c1-20(2,3)13-19(24)22-16-6-9-18-14(12-16)10-11-23(18)17-7-4-15(21)5-8-17/h4-9,12H,10-11,13H2,1-3H3,(H,22,24). The number of hydrogen-bond donors (Lipinski definition) is 1. The van der Waals surface area contributed by atoms with Crippen LogP contribution in [-0.2, 0) is 11.2 Å². The van der Waals surface area contributed by atoms with Gasteiger partial charge in [0.05, 0.1) is 0 Å². The highest BCUT2D eigenvalue weighted by Crippen LogP contribution is 2.36. The summed E-state index contributed by atoms with van der Waals surface area (Å²) in [6.07, 6.45) is 1.40. The second-order valence-electron chi connectivity index (χ2n) is 7.51. The van der Waals surface area contributed by atoms with E-state index in [-0.39, 0.29) is 17.1 Å². The summed E-state index contributed by atoms with van der Waals surface area (Å²) in [5.41, 5.74) is 4.12. The predicted octanol–water partition coefficient (Wildman–Crippen LogP) is 4.89. The van der Waals surface area contributed by atoms with E-state index in [4.69, 9.17) is 0 Å². The van der Waals surface area contributed by atoms with Gasteiger partial charge in [-0.25, -0.2) is 4.39 Å². The van der Waals surface area contributed by atoms with Crippen molar-refractivity contribution in [3.05, 3.63) is 53.8 Å². The summed E-state index contributed by atoms with van der Waals surface area (Å²) in [5.74, 6) is -0.189. The van der Waals surface area contributed by atoms with Gasteiger partial charge in [0, 0.05) is 30.0 Å². The van der Waals surface area contributed by atoms with Gasteiger partial charge in [-0.3, -0.25) is 4.79 Å². The minimum atomic E-state index is -0.227. The third-order valence-corrected chi connectivity index (χ3v) is 4.09. The van der Waals surface area contributed by atoms with E-state index in [9.17, 15) is 9.18 Å². The van der Waals surface area contributed by atoms with Crippen LogP contribution in [0.2, 0.25) is 0 Å². The van der Waals surface area contributed by atoms with Crippen molar-refractivity contribution >= 4 is 23.0 Å². The summed E-state index contributed by atoms with van der Waals surface area (Å²) in [7, 11) is 0. The molecule has 2 aromatic carbocycles. The first kappa shape index (κ1) is 16.5. The van der Waals surface area contributed by atoms with Gasteiger partial charge in [-0.2, -0.15) is 0 Å². The van der Waals surface area contributed by atoms with Gasteiger partial charge in [-0.05, 0) is 59.9 Å². The average molecular weight is 326 g/mol. The molecule has 3 rings (SSSR count). The van der Waals surface area contributed by atoms with E-state index in [2.05, 4.69) is 31.0 Å². The Morgan fingerprint density at radius 3 is 2.54 bits per heavy atom. The fourth-order valence-electron chi connectivity index (χ4n) is 3.06. The van der Waals surface area contributed by atoms with Crippen LogP contribution >= 0.6 is 0 Å². The van der Waals surface area contributed by atoms with Gasteiger partial charge in [-0.15, -0.1) is 0 Å². The first-order chi connectivity index (χ1) is 11.3. The maximum Gasteiger partial charge on any atom is 0.224 e. The number of halogens is 1. The van der Waals surface area contributed by atoms with Gasteiger partial charge in [-0.1, -0.05) is 20.8 Å². The molecule has 0 aliphatic carbocycles. The number of carbonyl (C=O) groups is 1. The predicted molar refractivity (Wildman–Crippen MR) is 96.3 cm³/mol. The van der Waals surface area contributed by atoms with Gasteiger partial charge >= 0.3 is 0 Å². The zero-order chi connectivity index (χ0) is 17.3. The highest BCUT2D eigenvalue weighted by Gasteiger charge is 2.21. The molecular weight excluding hydrogens is 303 g/mol. The Morgan fingerprint density at radius 1 is 1.17 bits per heavy atom. The molecule has 1 aliphatic heterocycles. The molecule has 1 heterocycles. The second kappa shape index (κ2) is 6.27. The fraction of sp³-hybridized carbons (Fsp3) is 0.350. The molecule has 0 radical (unpaired) electrons. The fourth-order valence-corrected chi connectivity index (χ4v) is 3.06. The maximum atomic E-state index is 13.1. The summed E-state index contributed by atoms with van der Waals surface area (Å²) in [6, 6.07) is 12.6. The van der Waals surface area contributed by atoms with Crippen molar-refractivity contribution in [1.82, 2.24) is 0 Å². The number of benzene rings is 2. The highest BCUT2D eigenvalue weighted by molar-refractivity contribution is 5.91. The van der Waals surface area contributed by atoms with Crippen LogP contribution < -0.4 is 10.2 Å². The minimum absolute atomic E-state index is 0.0276. The molecule has 2 aromatic rings. The molecule has 3 nitrogen and oxygen atoms in total. The van der Waals surface area contributed by atoms with Crippen LogP contribution in [0.3, 0.4) is 0 Å². The lowest BCUT2D eigenvalue weighted by Gasteiger charge is -2.20. The second-order valence-corrected chi connectivity index (χ2v) is 7.51. The maximum absolute atomic E-state index is 13.1. The van der Waals surface area contributed by atoms with Crippen molar-refractivity contribution in [2.24, 2.45) is 5.41 Å². The largest absolute Gasteiger partial charge is 0.341 e. The smallest absolute Gasteiger partial charge is 0.224 e. The topological polar surface area (TPSA) is 32.3 Å². The Balaban J connectivity index is 1.76. The average Bonchev–Trinajstić information content (AvgIpc) is 2.89. The first-order valence-corrected chi connectivity index (χ1v) is 8.28. The summed E-state index contributed by atoms with van der Waals surface area (Å²) >= 11 is 0. The highest BCUT2D eigenvalue weighted by atomic mass is 19.1. The monoisotopic (exact) mass is 326 g/mol. The molecule has 1 aliphatic rings. The third-order valence-electron chi connectivity index (χ3n) is 4.09. The lowest BCUT2D eigenvalue weighted by atomic mass is 9.92. The summed E-state index contributed by atoms with van der Waals surface area (Å²) < 4.78 is 13.1. The normalized spacial score (nSPS) is 13.8. The Hall–Kier alpha value is -2.36. The van der Waals surface area contributed by atoms with Crippen molar-refractivity contribution in [3.63, 3.8) is 0 Å². The zero-order valence-electron chi connectivity index (χ0n) is 14.4. The molecule has 0 saturated carbocycles. The summed E-state index contributed by atoms with van der Waals surface area (Å²) in [5, 5.41) is 2.98. The Bertz CT molecular complexity index is 747. The van der Waals surface area contributed by atoms with Crippen LogP contribution in [0.4, 0.5) is 21.5 Å². The number of fused-ring (bicyclic) bond motifs is 1. The number of carbonyl (C=O) groups excluding carboxylic acids is 1. The zero-order valence-corrected chi connectivity index (χ0v) is 14.4. The molecule has 0 unspecified atom stereocenters. The third kappa shape index (κ3) is 3.75. The van der Waals surface area contributed by atoms with E-state index in [0.717, 1.165) is 30.0 Å². The van der Waals surface area contributed by atoms with Crippen molar-refractivity contribution in [2.45, 2.75) is 33.6 Å². The Kier molecular flexibility index (Phi) is 4.31. The van der Waals surface area contributed by atoms with E-state index in [0.29, 0.717) is 6.42 Å². The SMILES string of the molecule is CC(C)(C)CC(=O)Nc1ccc2c(c1)CCN2c1ccc(F)cc1. The number of nitrogens with one attached hydrogen (secondary N) is 1. The number of nitrogens with zero attached hydrogens (tertiary/aromatic N) is 1. The van der Waals surface area contributed by atoms with Crippen LogP contribution in [0.1, 0.15) is 32.8 Å². The van der Waals surface area contributed by atoms with E-state index in [1.165, 1.54) is 17.7 Å². The molecule has 126 valence electrons. The van der Waals surface area contributed by atoms with E-state index in [1.54, 1.807) is 12.1 Å². The van der Waals surface area contributed by atoms with Gasteiger partial charge in [0.2, 0.25) is 5.91 Å². The van der Waals surface area contributed by atoms with E-state index >= 15 is 0 Å². The number of amides is 1. The number of rotatable bonds is 3. The molecule has 1 amide bonds. The van der Waals surface area contributed by atoms with Crippen LogP contribution in [0.15, 0.2) is 42.5 Å². The molecule has 1 N–H and O–H groups in total. The quantitative estimate of drug-likeness (QED) is 0.870. The van der Waals surface area contributed by atoms with Gasteiger partial charge in [0.1, 0.15) is 5.82 Å². The van der Waals surface area contributed by atoms with E-state index < -0.39 is 0 Å². The molecule has 4 heteroatoms. The molecular formula is C20H23FN2O. The van der Waals surface area contributed by atoms with Gasteiger partial charge < -0.3 is 10.2 Å². The molecule has 0 atom stereocenters. The van der Waals surface area contributed by atoms with Crippen molar-refractivity contribution in [1.29, 1.82) is 0 Å². The molecule has 0 fully saturated rings. The molecule has 0 bridgehead atoms. The van der Waals surface area contributed by atoms with Crippen LogP contribution in [0, 0.1) is 11.2 Å². The first-order valence-electron chi connectivity index (χ1n) is 8.28. The lowest BCUT2D eigenvalue weighted by molar-refractivity contribution is -0.117. The minimum Gasteiger partial charge on any atom is -0.341 e. The number of anilines is 3. The lowest BCUT2D eigenvalue weighted by Crippen LogP contribution is -2.19. The van der Waals surface area contributed by atoms with E-state index in [1.807, 2.05) is 18.2 Å². The molecule has 24 heavy (non-hydrogen) atoms. The van der Waals surface area contributed by atoms with Crippen LogP contribution in [0.5, 0.6) is 0 Å². The van der Waals surface area contributed by atoms with Crippen molar-refractivity contribution < 1.29 is 9.18 Å². The van der Waals surface area contributed by atoms with Crippen LogP contribution in [0.25, 0.3) is 0 Å². The summed E-state index contributed by atoms with van der Waals surface area (Å²) in [6.45, 7) is 7.02. The van der Waals surface area contributed by atoms with Crippen molar-refractivity contribution in [3.8, 4) is 0 Å². The Morgan fingerprint density at radius 2 is 1.88 bits per heavy atom. The van der Waals surface area contributed by atoms with Crippen molar-refractivity contribution in [2.75, 3.05) is 16.8 Å². The molecule has 0 spiro atoms. The Labute approximate surface area is 142 Å². The molecule has 0 saturated heterocycles. The summed E-state index contributed by atoms with van der Waals surface area (Å²) in [4.78, 5) is 14.3. The molecule has 0 aromatic heterocycles. The van der Waals surface area contributed by atoms with Gasteiger partial charge in [0.25, 0.3) is 0 Å².